The highest BCUT2D eigenvalue weighted by atomic mass is 79.9. The molecule has 0 heterocycles. The average Bonchev–Trinajstić information content (AvgIpc) is 2.32. The maximum atomic E-state index is 12.0. The van der Waals surface area contributed by atoms with E-state index in [1.807, 2.05) is 26.0 Å². The lowest BCUT2D eigenvalue weighted by molar-refractivity contribution is -0.137. The molecule has 0 aliphatic heterocycles. The summed E-state index contributed by atoms with van der Waals surface area (Å²) in [5, 5.41) is 11.4. The second-order valence-electron chi connectivity index (χ2n) is 4.76. The maximum Gasteiger partial charge on any atom is 0.321 e. The molecule has 0 saturated heterocycles. The van der Waals surface area contributed by atoms with Gasteiger partial charge in [-0.05, 0) is 43.5 Å². The molecule has 6 heteroatoms. The Balaban J connectivity index is 2.64. The van der Waals surface area contributed by atoms with Crippen LogP contribution in [0, 0.1) is 13.8 Å². The topological polar surface area (TPSA) is 69.6 Å². The van der Waals surface area contributed by atoms with Crippen LogP contribution in [0.2, 0.25) is 0 Å². The number of halogens is 1. The number of hydrogen-bond acceptors (Lipinski definition) is 2. The molecular formula is C14H19BrN2O3. The van der Waals surface area contributed by atoms with Crippen LogP contribution in [0.25, 0.3) is 0 Å². The number of carboxylic acid groups (broad SMARTS) is 1. The molecule has 20 heavy (non-hydrogen) atoms. The lowest BCUT2D eigenvalue weighted by atomic mass is 10.1. The first-order chi connectivity index (χ1) is 9.31. The second kappa shape index (κ2) is 7.28. The highest BCUT2D eigenvalue weighted by Gasteiger charge is 2.12. The Morgan fingerprint density at radius 3 is 2.35 bits per heavy atom. The van der Waals surface area contributed by atoms with Crippen LogP contribution in [-0.2, 0) is 4.79 Å². The van der Waals surface area contributed by atoms with Crippen molar-refractivity contribution in [3.8, 4) is 0 Å². The number of urea groups is 1. The van der Waals surface area contributed by atoms with Gasteiger partial charge >= 0.3 is 12.0 Å². The minimum absolute atomic E-state index is 0.0635. The molecule has 5 nitrogen and oxygen atoms in total. The van der Waals surface area contributed by atoms with Gasteiger partial charge in [0.25, 0.3) is 0 Å². The van der Waals surface area contributed by atoms with Crippen molar-refractivity contribution < 1.29 is 14.7 Å². The molecule has 0 aliphatic carbocycles. The van der Waals surface area contributed by atoms with Crippen LogP contribution in [0.4, 0.5) is 10.5 Å². The van der Waals surface area contributed by atoms with Gasteiger partial charge in [0.05, 0.1) is 0 Å². The fourth-order valence-corrected chi connectivity index (χ4v) is 2.57. The Kier molecular flexibility index (Phi) is 6.01. The van der Waals surface area contributed by atoms with Crippen LogP contribution in [-0.4, -0.2) is 35.6 Å². The molecule has 1 rings (SSSR count). The summed E-state index contributed by atoms with van der Waals surface area (Å²) in [6, 6.07) is 3.64. The van der Waals surface area contributed by atoms with E-state index in [2.05, 4.69) is 21.2 Å². The maximum absolute atomic E-state index is 12.0. The van der Waals surface area contributed by atoms with E-state index < -0.39 is 5.97 Å². The fourth-order valence-electron chi connectivity index (χ4n) is 1.88. The summed E-state index contributed by atoms with van der Waals surface area (Å²) in [6.07, 6.45) is 0.505. The predicted octanol–water partition coefficient (Wildman–Crippen LogP) is 3.39. The number of carbonyl (C=O) groups excluding carboxylic acids is 1. The molecule has 0 aliphatic rings. The number of nitrogens with zero attached hydrogens (tertiary/aromatic N) is 1. The van der Waals surface area contributed by atoms with Crippen LogP contribution < -0.4 is 5.32 Å². The van der Waals surface area contributed by atoms with E-state index in [0.717, 1.165) is 21.3 Å². The Morgan fingerprint density at radius 1 is 1.30 bits per heavy atom. The van der Waals surface area contributed by atoms with Gasteiger partial charge in [-0.25, -0.2) is 4.79 Å². The summed E-state index contributed by atoms with van der Waals surface area (Å²) < 4.78 is 0.973. The number of nitrogens with one attached hydrogen (secondary N) is 1. The first kappa shape index (κ1) is 16.5. The molecule has 0 aromatic heterocycles. The van der Waals surface area contributed by atoms with E-state index in [1.54, 1.807) is 7.05 Å². The van der Waals surface area contributed by atoms with Gasteiger partial charge in [-0.1, -0.05) is 15.9 Å². The number of benzene rings is 1. The third-order valence-electron chi connectivity index (χ3n) is 2.96. The summed E-state index contributed by atoms with van der Waals surface area (Å²) in [6.45, 7) is 4.27. The number of hydrogen-bond donors (Lipinski definition) is 2. The average molecular weight is 343 g/mol. The Morgan fingerprint density at radius 2 is 1.85 bits per heavy atom. The standard InChI is InChI=1S/C14H19BrN2O3/c1-9-7-11(15)8-10(2)13(9)16-14(20)17(3)6-4-5-12(18)19/h7-8H,4-6H2,1-3H3,(H,16,20)(H,18,19). The van der Waals surface area contributed by atoms with Crippen LogP contribution in [0.5, 0.6) is 0 Å². The summed E-state index contributed by atoms with van der Waals surface area (Å²) >= 11 is 3.41. The highest BCUT2D eigenvalue weighted by Crippen LogP contribution is 2.25. The van der Waals surface area contributed by atoms with Crippen molar-refractivity contribution in [2.24, 2.45) is 0 Å². The van der Waals surface area contributed by atoms with Crippen molar-refractivity contribution >= 4 is 33.6 Å². The van der Waals surface area contributed by atoms with Crippen LogP contribution in [0.1, 0.15) is 24.0 Å². The Hall–Kier alpha value is -1.56. The number of anilines is 1. The van der Waals surface area contributed by atoms with E-state index in [0.29, 0.717) is 13.0 Å². The number of carbonyl (C=O) groups is 2. The van der Waals surface area contributed by atoms with Crippen molar-refractivity contribution in [2.75, 3.05) is 18.9 Å². The Bertz CT molecular complexity index is 494. The molecule has 110 valence electrons. The quantitative estimate of drug-likeness (QED) is 0.861. The number of amides is 2. The van der Waals surface area contributed by atoms with Crippen LogP contribution >= 0.6 is 15.9 Å². The molecule has 1 aromatic rings. The van der Waals surface area contributed by atoms with Gasteiger partial charge in [0.2, 0.25) is 0 Å². The zero-order chi connectivity index (χ0) is 15.3. The number of aryl methyl sites for hydroxylation is 2. The van der Waals surface area contributed by atoms with Crippen molar-refractivity contribution in [1.82, 2.24) is 4.90 Å². The van der Waals surface area contributed by atoms with Crippen molar-refractivity contribution in [2.45, 2.75) is 26.7 Å². The third kappa shape index (κ3) is 4.85. The minimum Gasteiger partial charge on any atom is -0.481 e. The third-order valence-corrected chi connectivity index (χ3v) is 3.42. The van der Waals surface area contributed by atoms with E-state index in [4.69, 9.17) is 5.11 Å². The summed E-state index contributed by atoms with van der Waals surface area (Å²) in [4.78, 5) is 24.0. The fraction of sp³-hybridized carbons (Fsp3) is 0.429. The number of carboxylic acids is 1. The normalized spacial score (nSPS) is 10.2. The lowest BCUT2D eigenvalue weighted by Crippen LogP contribution is -2.32. The van der Waals surface area contributed by atoms with E-state index in [-0.39, 0.29) is 12.5 Å². The zero-order valence-corrected chi connectivity index (χ0v) is 13.5. The Labute approximate surface area is 127 Å². The molecule has 0 unspecified atom stereocenters. The molecular weight excluding hydrogens is 324 g/mol. The molecule has 2 N–H and O–H groups in total. The van der Waals surface area contributed by atoms with Gasteiger partial charge < -0.3 is 15.3 Å². The summed E-state index contributed by atoms with van der Waals surface area (Å²) in [5.41, 5.74) is 2.75. The van der Waals surface area contributed by atoms with Crippen LogP contribution in [0.3, 0.4) is 0 Å². The van der Waals surface area contributed by atoms with Gasteiger partial charge in [0, 0.05) is 30.2 Å². The molecule has 0 saturated carbocycles. The first-order valence-electron chi connectivity index (χ1n) is 6.32. The highest BCUT2D eigenvalue weighted by molar-refractivity contribution is 9.10. The lowest BCUT2D eigenvalue weighted by Gasteiger charge is -2.19. The molecule has 0 spiro atoms. The van der Waals surface area contributed by atoms with Gasteiger partial charge in [-0.2, -0.15) is 0 Å². The van der Waals surface area contributed by atoms with E-state index >= 15 is 0 Å². The van der Waals surface area contributed by atoms with E-state index in [9.17, 15) is 9.59 Å². The van der Waals surface area contributed by atoms with Gasteiger partial charge in [-0.15, -0.1) is 0 Å². The summed E-state index contributed by atoms with van der Waals surface area (Å²) in [5.74, 6) is -0.849. The van der Waals surface area contributed by atoms with Gasteiger partial charge in [0.15, 0.2) is 0 Å². The largest absolute Gasteiger partial charge is 0.481 e. The molecule has 0 radical (unpaired) electrons. The smallest absolute Gasteiger partial charge is 0.321 e. The van der Waals surface area contributed by atoms with Crippen molar-refractivity contribution in [3.63, 3.8) is 0 Å². The monoisotopic (exact) mass is 342 g/mol. The second-order valence-corrected chi connectivity index (χ2v) is 5.68. The molecule has 0 atom stereocenters. The summed E-state index contributed by atoms with van der Waals surface area (Å²) in [7, 11) is 1.65. The van der Waals surface area contributed by atoms with Gasteiger partial charge in [0.1, 0.15) is 0 Å². The number of rotatable bonds is 5. The predicted molar refractivity (Wildman–Crippen MR) is 82.1 cm³/mol. The molecule has 1 aromatic carbocycles. The zero-order valence-electron chi connectivity index (χ0n) is 11.9. The van der Waals surface area contributed by atoms with Crippen molar-refractivity contribution in [1.29, 1.82) is 0 Å². The van der Waals surface area contributed by atoms with Crippen molar-refractivity contribution in [3.05, 3.63) is 27.7 Å². The SMILES string of the molecule is Cc1cc(Br)cc(C)c1NC(=O)N(C)CCCC(=O)O. The van der Waals surface area contributed by atoms with Crippen LogP contribution in [0.15, 0.2) is 16.6 Å². The van der Waals surface area contributed by atoms with Gasteiger partial charge in [-0.3, -0.25) is 4.79 Å². The molecule has 0 fully saturated rings. The van der Waals surface area contributed by atoms with E-state index in [1.165, 1.54) is 4.90 Å². The number of aliphatic carboxylic acids is 1. The molecule has 2 amide bonds. The first-order valence-corrected chi connectivity index (χ1v) is 7.11. The minimum atomic E-state index is -0.849. The molecule has 0 bridgehead atoms.